The molecule has 0 spiro atoms. The number of nitrogens with two attached hydrogens (primary N) is 1. The van der Waals surface area contributed by atoms with Crippen LogP contribution in [-0.2, 0) is 6.54 Å². The van der Waals surface area contributed by atoms with Crippen molar-refractivity contribution in [2.45, 2.75) is 31.8 Å². The lowest BCUT2D eigenvalue weighted by molar-refractivity contribution is 0.152. The van der Waals surface area contributed by atoms with Crippen molar-refractivity contribution in [2.75, 3.05) is 7.05 Å². The molecule has 1 aromatic carbocycles. The van der Waals surface area contributed by atoms with Gasteiger partial charge in [-0.25, -0.2) is 0 Å². The first-order valence-electron chi connectivity index (χ1n) is 6.08. The van der Waals surface area contributed by atoms with Crippen molar-refractivity contribution in [3.05, 3.63) is 34.3 Å². The fourth-order valence-electron chi connectivity index (χ4n) is 2.12. The van der Waals surface area contributed by atoms with Crippen LogP contribution in [0.2, 0.25) is 5.02 Å². The Morgan fingerprint density at radius 2 is 2.28 bits per heavy atom. The molecule has 1 saturated carbocycles. The van der Waals surface area contributed by atoms with Crippen molar-refractivity contribution in [3.63, 3.8) is 0 Å². The van der Waals surface area contributed by atoms with E-state index in [0.29, 0.717) is 16.6 Å². The highest BCUT2D eigenvalue weighted by Gasteiger charge is 2.22. The van der Waals surface area contributed by atoms with Crippen molar-refractivity contribution in [3.8, 4) is 0 Å². The zero-order chi connectivity index (χ0) is 13.1. The van der Waals surface area contributed by atoms with E-state index < -0.39 is 0 Å². The molecule has 0 aromatic heterocycles. The minimum Gasteiger partial charge on any atom is -0.409 e. The van der Waals surface area contributed by atoms with Crippen molar-refractivity contribution in [1.82, 2.24) is 4.90 Å². The lowest BCUT2D eigenvalue weighted by atomic mass is 9.91. The average Bonchev–Trinajstić information content (AvgIpc) is 2.28. The summed E-state index contributed by atoms with van der Waals surface area (Å²) in [5.41, 5.74) is 7.23. The number of halogens is 1. The summed E-state index contributed by atoms with van der Waals surface area (Å²) in [5, 5.41) is 12.2. The largest absolute Gasteiger partial charge is 0.409 e. The molecule has 98 valence electrons. The van der Waals surface area contributed by atoms with E-state index in [2.05, 4.69) is 17.1 Å². The lowest BCUT2D eigenvalue weighted by Gasteiger charge is -2.34. The minimum atomic E-state index is 0.0794. The smallest absolute Gasteiger partial charge is 0.170 e. The Balaban J connectivity index is 2.09. The molecule has 0 unspecified atom stereocenters. The van der Waals surface area contributed by atoms with Crippen LogP contribution in [0.4, 0.5) is 0 Å². The third-order valence-corrected chi connectivity index (χ3v) is 3.93. The predicted molar refractivity (Wildman–Crippen MR) is 73.1 cm³/mol. The maximum Gasteiger partial charge on any atom is 0.170 e. The Hall–Kier alpha value is -1.26. The Labute approximate surface area is 112 Å². The summed E-state index contributed by atoms with van der Waals surface area (Å²) in [6.45, 7) is 0.833. The number of benzene rings is 1. The van der Waals surface area contributed by atoms with Gasteiger partial charge in [0.15, 0.2) is 5.84 Å². The molecule has 4 nitrogen and oxygen atoms in total. The Kier molecular flexibility index (Phi) is 4.09. The van der Waals surface area contributed by atoms with Gasteiger partial charge in [-0.2, -0.15) is 0 Å². The van der Waals surface area contributed by atoms with Crippen LogP contribution >= 0.6 is 11.6 Å². The SMILES string of the molecule is CN(Cc1ccc(/C(N)=N/O)cc1Cl)C1CCC1. The summed E-state index contributed by atoms with van der Waals surface area (Å²) in [6, 6.07) is 6.18. The van der Waals surface area contributed by atoms with Crippen LogP contribution in [0.15, 0.2) is 23.4 Å². The van der Waals surface area contributed by atoms with Crippen molar-refractivity contribution < 1.29 is 5.21 Å². The van der Waals surface area contributed by atoms with Crippen LogP contribution in [0.25, 0.3) is 0 Å². The molecule has 0 saturated heterocycles. The molecule has 0 radical (unpaired) electrons. The third-order valence-electron chi connectivity index (χ3n) is 3.57. The summed E-state index contributed by atoms with van der Waals surface area (Å²) in [5.74, 6) is 0.0794. The molecule has 5 heteroatoms. The van der Waals surface area contributed by atoms with Gasteiger partial charge in [-0.15, -0.1) is 0 Å². The second-order valence-corrected chi connectivity index (χ2v) is 5.20. The summed E-state index contributed by atoms with van der Waals surface area (Å²) in [4.78, 5) is 2.33. The van der Waals surface area contributed by atoms with Crippen LogP contribution in [0.3, 0.4) is 0 Å². The average molecular weight is 268 g/mol. The molecule has 3 N–H and O–H groups in total. The normalized spacial score (nSPS) is 16.9. The first-order chi connectivity index (χ1) is 8.61. The molecular weight excluding hydrogens is 250 g/mol. The number of oxime groups is 1. The molecule has 0 aliphatic heterocycles. The number of amidine groups is 1. The first kappa shape index (κ1) is 13.2. The van der Waals surface area contributed by atoms with Crippen LogP contribution in [0.5, 0.6) is 0 Å². The molecule has 18 heavy (non-hydrogen) atoms. The van der Waals surface area contributed by atoms with E-state index in [1.54, 1.807) is 6.07 Å². The number of hydrogen-bond donors (Lipinski definition) is 2. The van der Waals surface area contributed by atoms with Gasteiger partial charge < -0.3 is 10.9 Å². The molecule has 1 aromatic rings. The van der Waals surface area contributed by atoms with Crippen LogP contribution in [0.1, 0.15) is 30.4 Å². The number of hydrogen-bond acceptors (Lipinski definition) is 3. The van der Waals surface area contributed by atoms with Gasteiger partial charge in [0.1, 0.15) is 0 Å². The van der Waals surface area contributed by atoms with Crippen molar-refractivity contribution in [2.24, 2.45) is 10.9 Å². The van der Waals surface area contributed by atoms with E-state index in [1.807, 2.05) is 12.1 Å². The fourth-order valence-corrected chi connectivity index (χ4v) is 2.36. The Morgan fingerprint density at radius 1 is 1.56 bits per heavy atom. The molecule has 0 atom stereocenters. The van der Waals surface area contributed by atoms with Gasteiger partial charge in [0.2, 0.25) is 0 Å². The van der Waals surface area contributed by atoms with E-state index in [4.69, 9.17) is 22.5 Å². The number of nitrogens with zero attached hydrogens (tertiary/aromatic N) is 2. The fraction of sp³-hybridized carbons (Fsp3) is 0.462. The van der Waals surface area contributed by atoms with Gasteiger partial charge in [0.25, 0.3) is 0 Å². The molecule has 1 aliphatic rings. The van der Waals surface area contributed by atoms with Crippen LogP contribution < -0.4 is 5.73 Å². The quantitative estimate of drug-likeness (QED) is 0.381. The monoisotopic (exact) mass is 267 g/mol. The van der Waals surface area contributed by atoms with Crippen molar-refractivity contribution >= 4 is 17.4 Å². The highest BCUT2D eigenvalue weighted by atomic mass is 35.5. The molecule has 0 amide bonds. The van der Waals surface area contributed by atoms with Gasteiger partial charge in [-0.1, -0.05) is 35.3 Å². The van der Waals surface area contributed by atoms with E-state index >= 15 is 0 Å². The second-order valence-electron chi connectivity index (χ2n) is 4.79. The zero-order valence-electron chi connectivity index (χ0n) is 10.4. The molecular formula is C13H18ClN3O. The van der Waals surface area contributed by atoms with Gasteiger partial charge in [-0.3, -0.25) is 4.90 Å². The third kappa shape index (κ3) is 2.76. The summed E-state index contributed by atoms with van der Waals surface area (Å²) >= 11 is 6.22. The molecule has 1 aliphatic carbocycles. The van der Waals surface area contributed by atoms with Gasteiger partial charge in [-0.05, 0) is 31.5 Å². The topological polar surface area (TPSA) is 61.8 Å². The highest BCUT2D eigenvalue weighted by molar-refractivity contribution is 6.31. The highest BCUT2D eigenvalue weighted by Crippen LogP contribution is 2.26. The van der Waals surface area contributed by atoms with Gasteiger partial charge in [0.05, 0.1) is 0 Å². The van der Waals surface area contributed by atoms with Gasteiger partial charge >= 0.3 is 0 Å². The summed E-state index contributed by atoms with van der Waals surface area (Å²) < 4.78 is 0. The Bertz CT molecular complexity index is 458. The number of rotatable bonds is 4. The minimum absolute atomic E-state index is 0.0794. The van der Waals surface area contributed by atoms with E-state index in [1.165, 1.54) is 19.3 Å². The van der Waals surface area contributed by atoms with Crippen LogP contribution in [0, 0.1) is 0 Å². The van der Waals surface area contributed by atoms with Crippen LogP contribution in [-0.4, -0.2) is 29.0 Å². The van der Waals surface area contributed by atoms with E-state index in [-0.39, 0.29) is 5.84 Å². The molecule has 1 fully saturated rings. The van der Waals surface area contributed by atoms with E-state index in [0.717, 1.165) is 12.1 Å². The molecule has 0 heterocycles. The molecule has 2 rings (SSSR count). The second kappa shape index (κ2) is 5.59. The van der Waals surface area contributed by atoms with Gasteiger partial charge in [0, 0.05) is 23.2 Å². The summed E-state index contributed by atoms with van der Waals surface area (Å²) in [7, 11) is 2.12. The maximum atomic E-state index is 8.62. The maximum absolute atomic E-state index is 8.62. The van der Waals surface area contributed by atoms with E-state index in [9.17, 15) is 0 Å². The molecule has 0 bridgehead atoms. The zero-order valence-corrected chi connectivity index (χ0v) is 11.2. The van der Waals surface area contributed by atoms with Crippen molar-refractivity contribution in [1.29, 1.82) is 0 Å². The Morgan fingerprint density at radius 3 is 2.78 bits per heavy atom. The predicted octanol–water partition coefficient (Wildman–Crippen LogP) is 2.42. The summed E-state index contributed by atoms with van der Waals surface area (Å²) in [6.07, 6.45) is 3.87. The first-order valence-corrected chi connectivity index (χ1v) is 6.46. The standard InChI is InChI=1S/C13H18ClN3O/c1-17(11-3-2-4-11)8-10-6-5-9(7-12(10)14)13(15)16-18/h5-7,11,18H,2-4,8H2,1H3,(H2,15,16). The lowest BCUT2D eigenvalue weighted by Crippen LogP contribution is -2.36.